The van der Waals surface area contributed by atoms with Gasteiger partial charge in [-0.15, -0.1) is 0 Å². The van der Waals surface area contributed by atoms with E-state index < -0.39 is 5.97 Å². The van der Waals surface area contributed by atoms with Crippen LogP contribution in [0.4, 0.5) is 0 Å². The molecule has 0 amide bonds. The summed E-state index contributed by atoms with van der Waals surface area (Å²) in [5, 5.41) is 0. The quantitative estimate of drug-likeness (QED) is 0.355. The maximum atomic E-state index is 9.84. The number of rotatable bonds is 2. The number of hydrogen-bond acceptors (Lipinski definition) is 4. The molecule has 0 aromatic carbocycles. The number of hydrogen-bond donors (Lipinski definition) is 0. The highest BCUT2D eigenvalue weighted by atomic mass is 16.5. The van der Waals surface area contributed by atoms with Crippen molar-refractivity contribution in [3.05, 3.63) is 25.5 Å². The Hall–Kier alpha value is -1.58. The highest BCUT2D eigenvalue weighted by Crippen LogP contribution is 1.70. The maximum absolute atomic E-state index is 9.84. The van der Waals surface area contributed by atoms with Gasteiger partial charge in [0.15, 0.2) is 0 Å². The van der Waals surface area contributed by atoms with E-state index in [2.05, 4.69) is 22.6 Å². The Labute approximate surface area is 71.5 Å². The second-order valence-electron chi connectivity index (χ2n) is 1.50. The Balaban J connectivity index is 0. The second-order valence-corrected chi connectivity index (χ2v) is 1.50. The molecule has 0 rings (SSSR count). The summed E-state index contributed by atoms with van der Waals surface area (Å²) < 4.78 is 8.31. The van der Waals surface area contributed by atoms with E-state index in [0.29, 0.717) is 0 Å². The molecule has 0 atom stereocenters. The van der Waals surface area contributed by atoms with E-state index in [0.717, 1.165) is 12.3 Å². The van der Waals surface area contributed by atoms with Gasteiger partial charge >= 0.3 is 11.9 Å². The smallest absolute Gasteiger partial charge is 0.329 e. The number of carbonyl (C=O) groups excluding carboxylic acids is 2. The first-order valence-corrected chi connectivity index (χ1v) is 3.07. The van der Waals surface area contributed by atoms with Crippen LogP contribution < -0.4 is 0 Å². The van der Waals surface area contributed by atoms with Crippen LogP contribution in [0.25, 0.3) is 0 Å². The van der Waals surface area contributed by atoms with Gasteiger partial charge in [0, 0.05) is 13.0 Å². The Morgan fingerprint density at radius 2 is 1.83 bits per heavy atom. The van der Waals surface area contributed by atoms with Crippen molar-refractivity contribution in [2.24, 2.45) is 0 Å². The van der Waals surface area contributed by atoms with Crippen molar-refractivity contribution in [1.82, 2.24) is 0 Å². The maximum Gasteiger partial charge on any atom is 0.329 e. The van der Waals surface area contributed by atoms with E-state index in [1.807, 2.05) is 0 Å². The lowest BCUT2D eigenvalue weighted by atomic mass is 10.7. The minimum Gasteiger partial charge on any atom is -0.466 e. The predicted molar refractivity (Wildman–Crippen MR) is 44.2 cm³/mol. The van der Waals surface area contributed by atoms with Gasteiger partial charge in [-0.1, -0.05) is 13.2 Å². The highest BCUT2D eigenvalue weighted by Gasteiger charge is 1.82. The molecule has 0 heterocycles. The summed E-state index contributed by atoms with van der Waals surface area (Å²) in [7, 11) is 1.31. The average Bonchev–Trinajstić information content (AvgIpc) is 2.04. The molecule has 0 bridgehead atoms. The molecule has 0 aromatic rings. The van der Waals surface area contributed by atoms with Gasteiger partial charge < -0.3 is 9.47 Å². The first kappa shape index (κ1) is 13.0. The van der Waals surface area contributed by atoms with E-state index in [4.69, 9.17) is 0 Å². The molecular weight excluding hydrogens is 160 g/mol. The summed E-state index contributed by atoms with van der Waals surface area (Å²) in [6.07, 6.45) is 2.21. The molecule has 12 heavy (non-hydrogen) atoms. The Morgan fingerprint density at radius 3 is 1.83 bits per heavy atom. The lowest BCUT2D eigenvalue weighted by Crippen LogP contribution is -1.91. The summed E-state index contributed by atoms with van der Waals surface area (Å²) in [6, 6.07) is 0. The van der Waals surface area contributed by atoms with Crippen molar-refractivity contribution >= 4 is 11.9 Å². The van der Waals surface area contributed by atoms with Crippen LogP contribution in [0.1, 0.15) is 6.92 Å². The number of methoxy groups -OCH3 is 1. The van der Waals surface area contributed by atoms with Crippen LogP contribution in [-0.2, 0) is 19.1 Å². The number of ether oxygens (including phenoxy) is 2. The van der Waals surface area contributed by atoms with Crippen LogP contribution in [-0.4, -0.2) is 19.0 Å². The Morgan fingerprint density at radius 1 is 1.33 bits per heavy atom. The average molecular weight is 172 g/mol. The lowest BCUT2D eigenvalue weighted by molar-refractivity contribution is -0.136. The minimum absolute atomic E-state index is 0.329. The molecule has 4 heteroatoms. The summed E-state index contributed by atoms with van der Waals surface area (Å²) in [5.74, 6) is -0.722. The van der Waals surface area contributed by atoms with Crippen LogP contribution in [0, 0.1) is 0 Å². The van der Waals surface area contributed by atoms with E-state index in [1.165, 1.54) is 14.0 Å². The van der Waals surface area contributed by atoms with Crippen LogP contribution in [0.5, 0.6) is 0 Å². The Kier molecular flexibility index (Phi) is 10.2. The van der Waals surface area contributed by atoms with Crippen molar-refractivity contribution in [2.45, 2.75) is 6.92 Å². The van der Waals surface area contributed by atoms with E-state index in [1.54, 1.807) is 0 Å². The fourth-order valence-corrected chi connectivity index (χ4v) is 0.201. The standard InChI is InChI=1S/2C4H6O2/c1-3-4(5)6-2;1-3-6-4(2)5/h2*3H,1H2,2H3. The van der Waals surface area contributed by atoms with Crippen molar-refractivity contribution in [3.8, 4) is 0 Å². The van der Waals surface area contributed by atoms with Gasteiger partial charge in [-0.3, -0.25) is 4.79 Å². The zero-order valence-electron chi connectivity index (χ0n) is 7.20. The van der Waals surface area contributed by atoms with Crippen molar-refractivity contribution in [1.29, 1.82) is 0 Å². The van der Waals surface area contributed by atoms with E-state index in [-0.39, 0.29) is 5.97 Å². The van der Waals surface area contributed by atoms with E-state index >= 15 is 0 Å². The molecule has 0 saturated carbocycles. The topological polar surface area (TPSA) is 52.6 Å². The van der Waals surface area contributed by atoms with Crippen molar-refractivity contribution in [2.75, 3.05) is 7.11 Å². The third-order valence-electron chi connectivity index (χ3n) is 0.617. The van der Waals surface area contributed by atoms with Crippen molar-refractivity contribution < 1.29 is 19.1 Å². The fourth-order valence-electron chi connectivity index (χ4n) is 0.201. The van der Waals surface area contributed by atoms with Crippen LogP contribution in [0.15, 0.2) is 25.5 Å². The van der Waals surface area contributed by atoms with Gasteiger partial charge in [0.25, 0.3) is 0 Å². The van der Waals surface area contributed by atoms with Gasteiger partial charge in [-0.25, -0.2) is 4.79 Å². The predicted octanol–water partition coefficient (Wildman–Crippen LogP) is 1.04. The SMILES string of the molecule is C=CC(=O)OC.C=COC(C)=O. The monoisotopic (exact) mass is 172 g/mol. The number of carbonyl (C=O) groups is 2. The summed E-state index contributed by atoms with van der Waals surface area (Å²) in [4.78, 5) is 19.6. The molecule has 0 unspecified atom stereocenters. The molecule has 0 radical (unpaired) electrons. The molecule has 0 aliphatic heterocycles. The molecular formula is C8H12O4. The largest absolute Gasteiger partial charge is 0.466 e. The molecule has 0 aromatic heterocycles. The zero-order chi connectivity index (χ0) is 9.98. The second kappa shape index (κ2) is 9.42. The minimum atomic E-state index is -0.394. The van der Waals surface area contributed by atoms with Gasteiger partial charge in [-0.05, 0) is 0 Å². The normalized spacial score (nSPS) is 6.83. The van der Waals surface area contributed by atoms with Gasteiger partial charge in [0.05, 0.1) is 13.4 Å². The van der Waals surface area contributed by atoms with Gasteiger partial charge in [0.1, 0.15) is 0 Å². The molecule has 4 nitrogen and oxygen atoms in total. The summed E-state index contributed by atoms with van der Waals surface area (Å²) >= 11 is 0. The first-order valence-electron chi connectivity index (χ1n) is 3.07. The molecule has 0 saturated heterocycles. The Bertz CT molecular complexity index is 172. The lowest BCUT2D eigenvalue weighted by Gasteiger charge is -1.83. The third kappa shape index (κ3) is 15.8. The molecule has 0 aliphatic carbocycles. The summed E-state index contributed by atoms with van der Waals surface area (Å²) in [6.45, 7) is 7.64. The number of esters is 2. The van der Waals surface area contributed by atoms with Crippen LogP contribution >= 0.6 is 0 Å². The van der Waals surface area contributed by atoms with Crippen LogP contribution in [0.3, 0.4) is 0 Å². The van der Waals surface area contributed by atoms with Gasteiger partial charge in [0.2, 0.25) is 0 Å². The fraction of sp³-hybridized carbons (Fsp3) is 0.250. The molecule has 0 N–H and O–H groups in total. The summed E-state index contributed by atoms with van der Waals surface area (Å²) in [5.41, 5.74) is 0. The zero-order valence-corrected chi connectivity index (χ0v) is 7.20. The van der Waals surface area contributed by atoms with Crippen LogP contribution in [0.2, 0.25) is 0 Å². The van der Waals surface area contributed by atoms with Gasteiger partial charge in [-0.2, -0.15) is 0 Å². The first-order chi connectivity index (χ1) is 5.58. The van der Waals surface area contributed by atoms with E-state index in [9.17, 15) is 9.59 Å². The molecule has 0 aliphatic rings. The molecule has 0 spiro atoms. The van der Waals surface area contributed by atoms with Crippen molar-refractivity contribution in [3.63, 3.8) is 0 Å². The molecule has 0 fully saturated rings. The molecule has 68 valence electrons. The third-order valence-corrected chi connectivity index (χ3v) is 0.617. The highest BCUT2D eigenvalue weighted by molar-refractivity contribution is 5.80.